The van der Waals surface area contributed by atoms with Crippen LogP contribution in [0.25, 0.3) is 0 Å². The van der Waals surface area contributed by atoms with Crippen molar-refractivity contribution in [2.45, 2.75) is 37.6 Å². The van der Waals surface area contributed by atoms with Gasteiger partial charge in [-0.05, 0) is 55.5 Å². The summed E-state index contributed by atoms with van der Waals surface area (Å²) in [5, 5.41) is 2.80. The van der Waals surface area contributed by atoms with E-state index in [0.717, 1.165) is 24.6 Å². The second-order valence-corrected chi connectivity index (χ2v) is 10.2. The lowest BCUT2D eigenvalue weighted by Gasteiger charge is -2.32. The summed E-state index contributed by atoms with van der Waals surface area (Å²) in [6.45, 7) is 5.68. The largest absolute Gasteiger partial charge is 0.372 e. The monoisotopic (exact) mass is 441 g/mol. The van der Waals surface area contributed by atoms with E-state index in [4.69, 9.17) is 0 Å². The molecule has 164 valence electrons. The van der Waals surface area contributed by atoms with Crippen LogP contribution in [0.5, 0.6) is 0 Å². The SMILES string of the molecule is CC1CCN(c2ccc([C@@H](C)NC(=O)CN3C(=O)c4ccccc4S3(=O)=O)cc2)CC1. The molecular formula is C23H27N3O4S. The van der Waals surface area contributed by atoms with E-state index in [0.29, 0.717) is 4.31 Å². The Labute approximate surface area is 183 Å². The van der Waals surface area contributed by atoms with Crippen LogP contribution in [0.15, 0.2) is 53.4 Å². The van der Waals surface area contributed by atoms with Crippen LogP contribution in [-0.2, 0) is 14.8 Å². The van der Waals surface area contributed by atoms with Gasteiger partial charge in [-0.15, -0.1) is 0 Å². The average molecular weight is 442 g/mol. The standard InChI is InChI=1S/C23H27N3O4S/c1-16-11-13-25(14-12-16)19-9-7-18(8-10-19)17(2)24-22(27)15-26-23(28)20-5-3-4-6-21(20)31(26,29)30/h3-10,16-17H,11-15H2,1-2H3,(H,24,27)/t17-/m1/s1. The Hall–Kier alpha value is -2.87. The van der Waals surface area contributed by atoms with Crippen LogP contribution in [-0.4, -0.2) is 44.2 Å². The van der Waals surface area contributed by atoms with Gasteiger partial charge >= 0.3 is 0 Å². The van der Waals surface area contributed by atoms with Gasteiger partial charge in [0.05, 0.1) is 11.6 Å². The Morgan fingerprint density at radius 3 is 2.39 bits per heavy atom. The van der Waals surface area contributed by atoms with Gasteiger partial charge < -0.3 is 10.2 Å². The summed E-state index contributed by atoms with van der Waals surface area (Å²) in [6.07, 6.45) is 2.38. The zero-order valence-electron chi connectivity index (χ0n) is 17.7. The number of benzene rings is 2. The molecule has 0 unspecified atom stereocenters. The summed E-state index contributed by atoms with van der Waals surface area (Å²) >= 11 is 0. The summed E-state index contributed by atoms with van der Waals surface area (Å²) < 4.78 is 25.9. The number of hydrogen-bond donors (Lipinski definition) is 1. The van der Waals surface area contributed by atoms with Crippen molar-refractivity contribution in [2.24, 2.45) is 5.92 Å². The van der Waals surface area contributed by atoms with E-state index in [1.54, 1.807) is 12.1 Å². The second kappa shape index (κ2) is 8.34. The maximum Gasteiger partial charge on any atom is 0.269 e. The summed E-state index contributed by atoms with van der Waals surface area (Å²) in [4.78, 5) is 27.3. The number of hydrogen-bond acceptors (Lipinski definition) is 5. The third-order valence-electron chi connectivity index (χ3n) is 6.12. The van der Waals surface area contributed by atoms with E-state index in [9.17, 15) is 18.0 Å². The van der Waals surface area contributed by atoms with Crippen LogP contribution >= 0.6 is 0 Å². The summed E-state index contributed by atoms with van der Waals surface area (Å²) in [6, 6.07) is 13.8. The van der Waals surface area contributed by atoms with E-state index in [-0.39, 0.29) is 16.5 Å². The molecule has 0 radical (unpaired) electrons. The molecule has 2 amide bonds. The third kappa shape index (κ3) is 4.17. The molecule has 2 aromatic rings. The van der Waals surface area contributed by atoms with E-state index < -0.39 is 28.4 Å². The zero-order valence-corrected chi connectivity index (χ0v) is 18.6. The first-order valence-corrected chi connectivity index (χ1v) is 12.0. The number of nitrogens with zero attached hydrogens (tertiary/aromatic N) is 2. The first kappa shape index (κ1) is 21.4. The first-order valence-electron chi connectivity index (χ1n) is 10.6. The van der Waals surface area contributed by atoms with Crippen molar-refractivity contribution in [1.29, 1.82) is 0 Å². The summed E-state index contributed by atoms with van der Waals surface area (Å²) in [5.74, 6) is -0.421. The Balaban J connectivity index is 1.38. The van der Waals surface area contributed by atoms with Crippen LogP contribution in [0.1, 0.15) is 48.7 Å². The molecule has 1 atom stereocenters. The van der Waals surface area contributed by atoms with Gasteiger partial charge in [0.2, 0.25) is 5.91 Å². The van der Waals surface area contributed by atoms with E-state index in [2.05, 4.69) is 29.3 Å². The van der Waals surface area contributed by atoms with Crippen molar-refractivity contribution in [3.05, 3.63) is 59.7 Å². The molecule has 0 saturated carbocycles. The molecule has 8 heteroatoms. The third-order valence-corrected chi connectivity index (χ3v) is 7.91. The van der Waals surface area contributed by atoms with Crippen molar-refractivity contribution in [3.63, 3.8) is 0 Å². The number of sulfonamides is 1. The molecule has 31 heavy (non-hydrogen) atoms. The Bertz CT molecular complexity index is 1090. The lowest BCUT2D eigenvalue weighted by atomic mass is 9.98. The second-order valence-electron chi connectivity index (χ2n) is 8.36. The number of anilines is 1. The Morgan fingerprint density at radius 2 is 1.74 bits per heavy atom. The molecule has 0 aromatic heterocycles. The highest BCUT2D eigenvalue weighted by Gasteiger charge is 2.41. The number of carbonyl (C=O) groups excluding carboxylic acids is 2. The van der Waals surface area contributed by atoms with Gasteiger partial charge in [-0.25, -0.2) is 12.7 Å². The minimum Gasteiger partial charge on any atom is -0.372 e. The molecule has 7 nitrogen and oxygen atoms in total. The Morgan fingerprint density at radius 1 is 1.10 bits per heavy atom. The fraction of sp³-hybridized carbons (Fsp3) is 0.391. The molecule has 2 aromatic carbocycles. The van der Waals surface area contributed by atoms with Gasteiger partial charge in [0.15, 0.2) is 0 Å². The quantitative estimate of drug-likeness (QED) is 0.771. The van der Waals surface area contributed by atoms with Crippen molar-refractivity contribution in [2.75, 3.05) is 24.5 Å². The predicted molar refractivity (Wildman–Crippen MR) is 118 cm³/mol. The van der Waals surface area contributed by atoms with Gasteiger partial charge in [0.1, 0.15) is 11.4 Å². The van der Waals surface area contributed by atoms with E-state index in [1.165, 1.54) is 30.7 Å². The highest BCUT2D eigenvalue weighted by atomic mass is 32.2. The maximum atomic E-state index is 12.6. The van der Waals surface area contributed by atoms with Gasteiger partial charge in [0, 0.05) is 18.8 Å². The molecule has 4 rings (SSSR count). The lowest BCUT2D eigenvalue weighted by molar-refractivity contribution is -0.121. The number of piperidine rings is 1. The highest BCUT2D eigenvalue weighted by molar-refractivity contribution is 7.90. The van der Waals surface area contributed by atoms with Crippen molar-refractivity contribution < 1.29 is 18.0 Å². The molecule has 2 heterocycles. The van der Waals surface area contributed by atoms with Gasteiger partial charge in [0.25, 0.3) is 15.9 Å². The molecule has 2 aliphatic heterocycles. The molecular weight excluding hydrogens is 414 g/mol. The van der Waals surface area contributed by atoms with Crippen LogP contribution in [0.4, 0.5) is 5.69 Å². The van der Waals surface area contributed by atoms with Crippen LogP contribution in [0, 0.1) is 5.92 Å². The predicted octanol–water partition coefficient (Wildman–Crippen LogP) is 2.94. The molecule has 1 saturated heterocycles. The minimum atomic E-state index is -4.00. The van der Waals surface area contributed by atoms with E-state index in [1.807, 2.05) is 19.1 Å². The number of amides is 2. The van der Waals surface area contributed by atoms with Crippen LogP contribution in [0.2, 0.25) is 0 Å². The van der Waals surface area contributed by atoms with Crippen LogP contribution < -0.4 is 10.2 Å². The smallest absolute Gasteiger partial charge is 0.269 e. The summed E-state index contributed by atoms with van der Waals surface area (Å²) in [7, 11) is -4.00. The molecule has 2 aliphatic rings. The average Bonchev–Trinajstić information content (AvgIpc) is 2.95. The number of rotatable bonds is 5. The van der Waals surface area contributed by atoms with Gasteiger partial charge in [-0.3, -0.25) is 9.59 Å². The molecule has 0 bridgehead atoms. The first-order chi connectivity index (χ1) is 14.8. The number of fused-ring (bicyclic) bond motifs is 1. The summed E-state index contributed by atoms with van der Waals surface area (Å²) in [5.41, 5.74) is 2.19. The van der Waals surface area contributed by atoms with Gasteiger partial charge in [-0.1, -0.05) is 31.2 Å². The van der Waals surface area contributed by atoms with Crippen molar-refractivity contribution >= 4 is 27.5 Å². The lowest BCUT2D eigenvalue weighted by Crippen LogP contribution is -2.41. The van der Waals surface area contributed by atoms with Crippen LogP contribution in [0.3, 0.4) is 0 Å². The molecule has 1 fully saturated rings. The maximum absolute atomic E-state index is 12.6. The Kier molecular flexibility index (Phi) is 5.75. The zero-order chi connectivity index (χ0) is 22.2. The molecule has 1 N–H and O–H groups in total. The van der Waals surface area contributed by atoms with Crippen molar-refractivity contribution in [1.82, 2.24) is 9.62 Å². The topological polar surface area (TPSA) is 86.8 Å². The molecule has 0 spiro atoms. The fourth-order valence-corrected chi connectivity index (χ4v) is 5.65. The van der Waals surface area contributed by atoms with Crippen molar-refractivity contribution in [3.8, 4) is 0 Å². The minimum absolute atomic E-state index is 0.0523. The molecule has 0 aliphatic carbocycles. The number of carbonyl (C=O) groups is 2. The normalized spacial score (nSPS) is 19.2. The highest BCUT2D eigenvalue weighted by Crippen LogP contribution is 2.30. The van der Waals surface area contributed by atoms with Gasteiger partial charge in [-0.2, -0.15) is 0 Å². The van der Waals surface area contributed by atoms with E-state index >= 15 is 0 Å². The number of nitrogens with one attached hydrogen (secondary N) is 1. The fourth-order valence-electron chi connectivity index (χ4n) is 4.13.